The standard InChI is InChI=1S/C14H15NO4/c1-3-19-14(18)13(17)11-8(2)15-10-7-5-4-6-9(10)12(11)16/h4-7,13,17H,3H2,1-2H3,(H,15,16). The number of para-hydroxylation sites is 1. The fourth-order valence-corrected chi connectivity index (χ4v) is 2.04. The van der Waals surface area contributed by atoms with E-state index in [-0.39, 0.29) is 17.6 Å². The van der Waals surface area contributed by atoms with E-state index in [4.69, 9.17) is 4.74 Å². The molecule has 5 heteroatoms. The first-order valence-corrected chi connectivity index (χ1v) is 6.02. The second-order valence-electron chi connectivity index (χ2n) is 4.19. The minimum absolute atomic E-state index is 0.0390. The van der Waals surface area contributed by atoms with Crippen LogP contribution < -0.4 is 5.43 Å². The molecule has 0 aliphatic carbocycles. The van der Waals surface area contributed by atoms with E-state index in [1.807, 2.05) is 0 Å². The van der Waals surface area contributed by atoms with Crippen LogP contribution in [-0.4, -0.2) is 22.7 Å². The highest BCUT2D eigenvalue weighted by atomic mass is 16.5. The Morgan fingerprint density at radius 1 is 1.42 bits per heavy atom. The van der Waals surface area contributed by atoms with E-state index in [1.165, 1.54) is 0 Å². The van der Waals surface area contributed by atoms with Crippen LogP contribution in [0, 0.1) is 6.92 Å². The molecule has 5 nitrogen and oxygen atoms in total. The molecule has 0 saturated heterocycles. The van der Waals surface area contributed by atoms with E-state index < -0.39 is 12.1 Å². The third kappa shape index (κ3) is 2.37. The van der Waals surface area contributed by atoms with Crippen LogP contribution in [0.15, 0.2) is 29.1 Å². The van der Waals surface area contributed by atoms with Gasteiger partial charge < -0.3 is 14.8 Å². The van der Waals surface area contributed by atoms with Crippen molar-refractivity contribution in [2.45, 2.75) is 20.0 Å². The van der Waals surface area contributed by atoms with Crippen molar-refractivity contribution < 1.29 is 14.6 Å². The molecule has 0 fully saturated rings. The molecule has 1 heterocycles. The molecule has 2 N–H and O–H groups in total. The number of carbonyl (C=O) groups excluding carboxylic acids is 1. The Morgan fingerprint density at radius 2 is 2.11 bits per heavy atom. The first kappa shape index (κ1) is 13.3. The molecule has 0 aliphatic rings. The summed E-state index contributed by atoms with van der Waals surface area (Å²) in [6.45, 7) is 3.44. The molecular formula is C14H15NO4. The highest BCUT2D eigenvalue weighted by Crippen LogP contribution is 2.17. The van der Waals surface area contributed by atoms with Gasteiger partial charge in [-0.15, -0.1) is 0 Å². The maximum atomic E-state index is 12.3. The SMILES string of the molecule is CCOC(=O)C(O)c1c(C)[nH]c2ccccc2c1=O. The molecule has 0 radical (unpaired) electrons. The van der Waals surface area contributed by atoms with Crippen molar-refractivity contribution in [3.05, 3.63) is 45.7 Å². The van der Waals surface area contributed by atoms with Crippen LogP contribution >= 0.6 is 0 Å². The molecule has 1 atom stereocenters. The highest BCUT2D eigenvalue weighted by molar-refractivity contribution is 5.82. The summed E-state index contributed by atoms with van der Waals surface area (Å²) in [4.78, 5) is 26.9. The van der Waals surface area contributed by atoms with E-state index in [2.05, 4.69) is 4.98 Å². The molecule has 0 bridgehead atoms. The van der Waals surface area contributed by atoms with Crippen molar-refractivity contribution in [2.75, 3.05) is 6.61 Å². The number of aryl methyl sites for hydroxylation is 1. The predicted molar refractivity (Wildman–Crippen MR) is 70.9 cm³/mol. The van der Waals surface area contributed by atoms with Gasteiger partial charge in [-0.2, -0.15) is 0 Å². The summed E-state index contributed by atoms with van der Waals surface area (Å²) in [6.07, 6.45) is -1.56. The van der Waals surface area contributed by atoms with Crippen LogP contribution in [0.1, 0.15) is 24.3 Å². The summed E-state index contributed by atoms with van der Waals surface area (Å²) in [5.41, 5.74) is 0.818. The summed E-state index contributed by atoms with van der Waals surface area (Å²) >= 11 is 0. The number of fused-ring (bicyclic) bond motifs is 1. The molecule has 2 aromatic rings. The second-order valence-corrected chi connectivity index (χ2v) is 4.19. The van der Waals surface area contributed by atoms with Crippen LogP contribution in [0.2, 0.25) is 0 Å². The van der Waals surface area contributed by atoms with Crippen LogP contribution in [0.25, 0.3) is 10.9 Å². The first-order chi connectivity index (χ1) is 9.06. The van der Waals surface area contributed by atoms with Crippen molar-refractivity contribution in [3.8, 4) is 0 Å². The number of aliphatic hydroxyl groups is 1. The average Bonchev–Trinajstić information content (AvgIpc) is 2.38. The van der Waals surface area contributed by atoms with Gasteiger partial charge in [0.25, 0.3) is 0 Å². The van der Waals surface area contributed by atoms with Gasteiger partial charge in [0.15, 0.2) is 11.5 Å². The average molecular weight is 261 g/mol. The maximum Gasteiger partial charge on any atom is 0.339 e. The molecule has 19 heavy (non-hydrogen) atoms. The van der Waals surface area contributed by atoms with E-state index in [0.717, 1.165) is 0 Å². The number of nitrogens with one attached hydrogen (secondary N) is 1. The maximum absolute atomic E-state index is 12.3. The molecule has 2 rings (SSSR count). The van der Waals surface area contributed by atoms with Crippen LogP contribution in [0.4, 0.5) is 0 Å². The Balaban J connectivity index is 2.61. The zero-order valence-corrected chi connectivity index (χ0v) is 10.8. The van der Waals surface area contributed by atoms with E-state index in [9.17, 15) is 14.7 Å². The van der Waals surface area contributed by atoms with Crippen molar-refractivity contribution in [1.82, 2.24) is 4.98 Å². The summed E-state index contributed by atoms with van der Waals surface area (Å²) in [5, 5.41) is 10.4. The number of aromatic amines is 1. The van der Waals surface area contributed by atoms with Gasteiger partial charge in [-0.25, -0.2) is 4.79 Å². The number of hydrogen-bond acceptors (Lipinski definition) is 4. The Bertz CT molecular complexity index is 675. The Morgan fingerprint density at radius 3 is 2.79 bits per heavy atom. The van der Waals surface area contributed by atoms with Gasteiger partial charge in [0.2, 0.25) is 0 Å². The van der Waals surface area contributed by atoms with Crippen molar-refractivity contribution in [2.24, 2.45) is 0 Å². The Kier molecular flexibility index (Phi) is 3.66. The van der Waals surface area contributed by atoms with Gasteiger partial charge in [-0.05, 0) is 26.0 Å². The normalized spacial score (nSPS) is 12.4. The van der Waals surface area contributed by atoms with E-state index >= 15 is 0 Å². The molecule has 1 aromatic carbocycles. The zero-order chi connectivity index (χ0) is 14.0. The number of ether oxygens (including phenoxy) is 1. The molecule has 0 aliphatic heterocycles. The van der Waals surface area contributed by atoms with Gasteiger partial charge >= 0.3 is 5.97 Å². The molecule has 0 spiro atoms. The van der Waals surface area contributed by atoms with Gasteiger partial charge in [0, 0.05) is 16.6 Å². The fraction of sp³-hybridized carbons (Fsp3) is 0.286. The summed E-state index contributed by atoms with van der Waals surface area (Å²) in [5.74, 6) is -0.814. The third-order valence-electron chi connectivity index (χ3n) is 2.93. The topological polar surface area (TPSA) is 79.4 Å². The number of pyridine rings is 1. The minimum Gasteiger partial charge on any atom is -0.464 e. The lowest BCUT2D eigenvalue weighted by Gasteiger charge is -2.13. The Hall–Kier alpha value is -2.14. The first-order valence-electron chi connectivity index (χ1n) is 6.02. The van der Waals surface area contributed by atoms with Crippen LogP contribution in [0.5, 0.6) is 0 Å². The smallest absolute Gasteiger partial charge is 0.339 e. The molecule has 1 aromatic heterocycles. The van der Waals surface area contributed by atoms with Gasteiger partial charge in [-0.1, -0.05) is 12.1 Å². The summed E-state index contributed by atoms with van der Waals surface area (Å²) in [6, 6.07) is 6.95. The second kappa shape index (κ2) is 5.24. The molecule has 0 saturated carbocycles. The lowest BCUT2D eigenvalue weighted by Crippen LogP contribution is -2.24. The van der Waals surface area contributed by atoms with Crippen LogP contribution in [-0.2, 0) is 9.53 Å². The Labute approximate surface area is 109 Å². The minimum atomic E-state index is -1.56. The number of carbonyl (C=O) groups is 1. The number of esters is 1. The number of H-pyrrole nitrogens is 1. The van der Waals surface area contributed by atoms with Gasteiger partial charge in [-0.3, -0.25) is 4.79 Å². The lowest BCUT2D eigenvalue weighted by molar-refractivity contribution is -0.153. The number of aliphatic hydroxyl groups excluding tert-OH is 1. The molecule has 1 unspecified atom stereocenters. The predicted octanol–water partition coefficient (Wildman–Crippen LogP) is 1.43. The number of rotatable bonds is 3. The summed E-state index contributed by atoms with van der Waals surface area (Å²) in [7, 11) is 0. The monoisotopic (exact) mass is 261 g/mol. The number of aromatic nitrogens is 1. The van der Waals surface area contributed by atoms with Crippen molar-refractivity contribution in [1.29, 1.82) is 0 Å². The third-order valence-corrected chi connectivity index (χ3v) is 2.93. The fourth-order valence-electron chi connectivity index (χ4n) is 2.04. The summed E-state index contributed by atoms with van der Waals surface area (Å²) < 4.78 is 4.74. The van der Waals surface area contributed by atoms with Gasteiger partial charge in [0.05, 0.1) is 12.2 Å². The van der Waals surface area contributed by atoms with Crippen molar-refractivity contribution >= 4 is 16.9 Å². The highest BCUT2D eigenvalue weighted by Gasteiger charge is 2.24. The molecule has 100 valence electrons. The molecular weight excluding hydrogens is 246 g/mol. The largest absolute Gasteiger partial charge is 0.464 e. The van der Waals surface area contributed by atoms with Crippen molar-refractivity contribution in [3.63, 3.8) is 0 Å². The lowest BCUT2D eigenvalue weighted by atomic mass is 10.0. The molecule has 0 amide bonds. The zero-order valence-electron chi connectivity index (χ0n) is 10.8. The van der Waals surface area contributed by atoms with Gasteiger partial charge in [0.1, 0.15) is 0 Å². The quantitative estimate of drug-likeness (QED) is 0.819. The van der Waals surface area contributed by atoms with Crippen LogP contribution in [0.3, 0.4) is 0 Å². The number of benzene rings is 1. The van der Waals surface area contributed by atoms with E-state index in [1.54, 1.807) is 38.1 Å². The van der Waals surface area contributed by atoms with E-state index in [0.29, 0.717) is 16.6 Å². The number of hydrogen-bond donors (Lipinski definition) is 2.